The maximum absolute atomic E-state index is 6.31. The third-order valence-corrected chi connectivity index (χ3v) is 7.01. The van der Waals surface area contributed by atoms with Crippen molar-refractivity contribution < 1.29 is 0 Å². The maximum atomic E-state index is 6.31. The molecule has 0 aromatic carbocycles. The first-order chi connectivity index (χ1) is 16.1. The fourth-order valence-corrected chi connectivity index (χ4v) is 5.07. The van der Waals surface area contributed by atoms with Gasteiger partial charge in [-0.05, 0) is 68.6 Å². The van der Waals surface area contributed by atoms with Gasteiger partial charge in [-0.1, -0.05) is 33.1 Å². The van der Waals surface area contributed by atoms with Crippen molar-refractivity contribution in [1.82, 2.24) is 24.8 Å². The highest BCUT2D eigenvalue weighted by atomic mass is 15.1. The van der Waals surface area contributed by atoms with Gasteiger partial charge in [-0.25, -0.2) is 15.0 Å². The molecule has 1 fully saturated rings. The van der Waals surface area contributed by atoms with Crippen LogP contribution >= 0.6 is 0 Å². The summed E-state index contributed by atoms with van der Waals surface area (Å²) in [6, 6.07) is 6.34. The summed E-state index contributed by atoms with van der Waals surface area (Å²) in [4.78, 5) is 23.2. The minimum absolute atomic E-state index is 0.468. The average Bonchev–Trinajstić information content (AvgIpc) is 2.86. The van der Waals surface area contributed by atoms with E-state index in [1.54, 1.807) is 0 Å². The highest BCUT2D eigenvalue weighted by molar-refractivity contribution is 5.91. The molecule has 3 heterocycles. The summed E-state index contributed by atoms with van der Waals surface area (Å²) in [5.41, 5.74) is 11.1. The molecule has 0 radical (unpaired) electrons. The van der Waals surface area contributed by atoms with Crippen LogP contribution in [0.4, 0.5) is 11.5 Å². The molecule has 1 aliphatic rings. The average molecular weight is 448 g/mol. The van der Waals surface area contributed by atoms with Gasteiger partial charge in [-0.15, -0.1) is 0 Å². The second kappa shape index (κ2) is 10.9. The lowest BCUT2D eigenvalue weighted by Gasteiger charge is -2.25. The van der Waals surface area contributed by atoms with Crippen LogP contribution in [-0.4, -0.2) is 58.1 Å². The SMILES string of the molecule is CCN(CC)CCCN(C)c1cccnc1-c1cc(C2CCCCC2)c2c(N)ncnc2n1. The standard InChI is InChI=1S/C26H37N7/c1-4-33(5-2)16-10-15-32(3)22-13-9-14-28-24(22)21-17-20(19-11-7-6-8-12-19)23-25(27)29-18-30-26(23)31-21/h9,13-14,17-19H,4-8,10-12,15-16H2,1-3H3,(H2,27,29,30,31). The Labute approximate surface area is 197 Å². The lowest BCUT2D eigenvalue weighted by atomic mass is 9.82. The first-order valence-electron chi connectivity index (χ1n) is 12.4. The van der Waals surface area contributed by atoms with E-state index in [2.05, 4.69) is 52.8 Å². The Balaban J connectivity index is 1.69. The van der Waals surface area contributed by atoms with E-state index < -0.39 is 0 Å². The first-order valence-corrected chi connectivity index (χ1v) is 12.4. The number of nitrogens with two attached hydrogens (primary N) is 1. The maximum Gasteiger partial charge on any atom is 0.165 e. The number of aromatic nitrogens is 4. The fourth-order valence-electron chi connectivity index (χ4n) is 5.07. The van der Waals surface area contributed by atoms with Crippen LogP contribution < -0.4 is 10.6 Å². The summed E-state index contributed by atoms with van der Waals surface area (Å²) in [6.07, 6.45) is 10.6. The second-order valence-electron chi connectivity index (χ2n) is 9.06. The molecule has 1 saturated carbocycles. The van der Waals surface area contributed by atoms with Crippen molar-refractivity contribution >= 4 is 22.5 Å². The van der Waals surface area contributed by atoms with Crippen molar-refractivity contribution in [2.45, 2.75) is 58.3 Å². The number of anilines is 2. The number of rotatable bonds is 9. The molecule has 2 N–H and O–H groups in total. The number of fused-ring (bicyclic) bond motifs is 1. The zero-order chi connectivity index (χ0) is 23.2. The van der Waals surface area contributed by atoms with Crippen LogP contribution in [-0.2, 0) is 0 Å². The van der Waals surface area contributed by atoms with E-state index in [4.69, 9.17) is 15.7 Å². The van der Waals surface area contributed by atoms with E-state index in [-0.39, 0.29) is 0 Å². The molecular formula is C26H37N7. The molecule has 3 aromatic heterocycles. The molecule has 7 nitrogen and oxygen atoms in total. The quantitative estimate of drug-likeness (QED) is 0.500. The molecule has 0 aliphatic heterocycles. The second-order valence-corrected chi connectivity index (χ2v) is 9.06. The third kappa shape index (κ3) is 5.24. The molecule has 0 bridgehead atoms. The Bertz CT molecular complexity index is 1060. The van der Waals surface area contributed by atoms with Crippen molar-refractivity contribution in [3.8, 4) is 11.4 Å². The number of pyridine rings is 2. The van der Waals surface area contributed by atoms with Gasteiger partial charge in [-0.3, -0.25) is 4.98 Å². The molecule has 0 spiro atoms. The summed E-state index contributed by atoms with van der Waals surface area (Å²) in [5, 5.41) is 0.915. The summed E-state index contributed by atoms with van der Waals surface area (Å²) >= 11 is 0. The zero-order valence-corrected chi connectivity index (χ0v) is 20.3. The van der Waals surface area contributed by atoms with Crippen LogP contribution in [0.5, 0.6) is 0 Å². The van der Waals surface area contributed by atoms with Crippen LogP contribution in [0, 0.1) is 0 Å². The van der Waals surface area contributed by atoms with Crippen LogP contribution in [0.3, 0.4) is 0 Å². The van der Waals surface area contributed by atoms with Crippen molar-refractivity contribution in [3.63, 3.8) is 0 Å². The van der Waals surface area contributed by atoms with Crippen LogP contribution in [0.15, 0.2) is 30.7 Å². The molecule has 176 valence electrons. The van der Waals surface area contributed by atoms with Gasteiger partial charge in [0.1, 0.15) is 17.8 Å². The van der Waals surface area contributed by atoms with E-state index in [0.717, 1.165) is 55.1 Å². The van der Waals surface area contributed by atoms with E-state index in [0.29, 0.717) is 17.4 Å². The summed E-state index contributed by atoms with van der Waals surface area (Å²) < 4.78 is 0. The van der Waals surface area contributed by atoms with Crippen LogP contribution in [0.1, 0.15) is 63.9 Å². The van der Waals surface area contributed by atoms with Gasteiger partial charge in [0.15, 0.2) is 5.65 Å². The van der Waals surface area contributed by atoms with Gasteiger partial charge in [0, 0.05) is 19.8 Å². The van der Waals surface area contributed by atoms with E-state index in [9.17, 15) is 0 Å². The largest absolute Gasteiger partial charge is 0.383 e. The monoisotopic (exact) mass is 447 g/mol. The fraction of sp³-hybridized carbons (Fsp3) is 0.538. The Kier molecular flexibility index (Phi) is 7.70. The summed E-state index contributed by atoms with van der Waals surface area (Å²) in [6.45, 7) is 8.69. The Morgan fingerprint density at radius 1 is 1.03 bits per heavy atom. The van der Waals surface area contributed by atoms with E-state index >= 15 is 0 Å². The topological polar surface area (TPSA) is 84.1 Å². The number of hydrogen-bond donors (Lipinski definition) is 1. The van der Waals surface area contributed by atoms with Crippen LogP contribution in [0.2, 0.25) is 0 Å². The lowest BCUT2D eigenvalue weighted by molar-refractivity contribution is 0.301. The van der Waals surface area contributed by atoms with E-state index in [1.165, 1.54) is 44.0 Å². The first kappa shape index (κ1) is 23.4. The van der Waals surface area contributed by atoms with Crippen molar-refractivity contribution in [3.05, 3.63) is 36.3 Å². The number of nitrogens with zero attached hydrogens (tertiary/aromatic N) is 6. The predicted molar refractivity (Wildman–Crippen MR) is 136 cm³/mol. The van der Waals surface area contributed by atoms with Gasteiger partial charge in [0.05, 0.1) is 16.8 Å². The molecule has 4 rings (SSSR count). The van der Waals surface area contributed by atoms with Gasteiger partial charge in [0.2, 0.25) is 0 Å². The van der Waals surface area contributed by atoms with Crippen molar-refractivity contribution in [2.75, 3.05) is 43.9 Å². The zero-order valence-electron chi connectivity index (χ0n) is 20.3. The number of hydrogen-bond acceptors (Lipinski definition) is 7. The molecule has 0 amide bonds. The molecule has 3 aromatic rings. The molecule has 0 saturated heterocycles. The van der Waals surface area contributed by atoms with E-state index in [1.807, 2.05) is 12.3 Å². The normalized spacial score (nSPS) is 14.8. The van der Waals surface area contributed by atoms with Gasteiger partial charge in [0.25, 0.3) is 0 Å². The van der Waals surface area contributed by atoms with Crippen molar-refractivity contribution in [1.29, 1.82) is 0 Å². The molecule has 0 unspecified atom stereocenters. The molecular weight excluding hydrogens is 410 g/mol. The summed E-state index contributed by atoms with van der Waals surface area (Å²) in [5.74, 6) is 0.990. The Morgan fingerprint density at radius 3 is 2.58 bits per heavy atom. The third-order valence-electron chi connectivity index (χ3n) is 7.01. The van der Waals surface area contributed by atoms with Gasteiger partial charge in [-0.2, -0.15) is 0 Å². The highest BCUT2D eigenvalue weighted by Gasteiger charge is 2.23. The predicted octanol–water partition coefficient (Wildman–Crippen LogP) is 4.88. The number of nitrogen functional groups attached to an aromatic ring is 1. The highest BCUT2D eigenvalue weighted by Crippen LogP contribution is 2.39. The molecule has 33 heavy (non-hydrogen) atoms. The smallest absolute Gasteiger partial charge is 0.165 e. The Morgan fingerprint density at radius 2 is 1.82 bits per heavy atom. The lowest BCUT2D eigenvalue weighted by Crippen LogP contribution is -2.28. The van der Waals surface area contributed by atoms with Gasteiger partial charge < -0.3 is 15.5 Å². The molecule has 7 heteroatoms. The molecule has 1 aliphatic carbocycles. The molecule has 0 atom stereocenters. The van der Waals surface area contributed by atoms with Gasteiger partial charge >= 0.3 is 0 Å². The Hall–Kier alpha value is -2.80. The summed E-state index contributed by atoms with van der Waals surface area (Å²) in [7, 11) is 2.14. The van der Waals surface area contributed by atoms with Crippen molar-refractivity contribution in [2.24, 2.45) is 0 Å². The minimum Gasteiger partial charge on any atom is -0.383 e. The minimum atomic E-state index is 0.468. The van der Waals surface area contributed by atoms with Crippen LogP contribution in [0.25, 0.3) is 22.4 Å².